The van der Waals surface area contributed by atoms with Crippen LogP contribution in [0.1, 0.15) is 11.3 Å². The number of pyridine rings is 3. The Bertz CT molecular complexity index is 1570. The maximum Gasteiger partial charge on any atom is 0.258 e. The number of H-pyrrole nitrogens is 1. The van der Waals surface area contributed by atoms with Gasteiger partial charge in [0, 0.05) is 59.5 Å². The number of rotatable bonds is 5. The van der Waals surface area contributed by atoms with Crippen LogP contribution in [-0.4, -0.2) is 31.8 Å². The molecule has 0 atom stereocenters. The number of aryl methyl sites for hydroxylation is 3. The van der Waals surface area contributed by atoms with E-state index in [9.17, 15) is 4.79 Å². The van der Waals surface area contributed by atoms with Gasteiger partial charge in [0.2, 0.25) is 5.88 Å². The summed E-state index contributed by atoms with van der Waals surface area (Å²) in [6, 6.07) is 15.4. The Labute approximate surface area is 196 Å². The van der Waals surface area contributed by atoms with Crippen molar-refractivity contribution in [2.75, 3.05) is 12.4 Å². The molecule has 0 spiro atoms. The molecule has 170 valence electrons. The van der Waals surface area contributed by atoms with Gasteiger partial charge in [-0.05, 0) is 55.3 Å². The number of anilines is 2. The third-order valence-electron chi connectivity index (χ3n) is 5.88. The van der Waals surface area contributed by atoms with Gasteiger partial charge in [-0.25, -0.2) is 4.98 Å². The third-order valence-corrected chi connectivity index (χ3v) is 5.88. The Kier molecular flexibility index (Phi) is 5.33. The second kappa shape index (κ2) is 8.47. The van der Waals surface area contributed by atoms with E-state index in [2.05, 4.69) is 25.5 Å². The molecule has 34 heavy (non-hydrogen) atoms. The minimum Gasteiger partial charge on any atom is -0.481 e. The van der Waals surface area contributed by atoms with Gasteiger partial charge in [0.25, 0.3) is 5.56 Å². The number of hydrogen-bond acceptors (Lipinski definition) is 6. The Morgan fingerprint density at radius 2 is 1.82 bits per heavy atom. The van der Waals surface area contributed by atoms with E-state index in [1.165, 1.54) is 0 Å². The molecule has 0 amide bonds. The van der Waals surface area contributed by atoms with E-state index >= 15 is 0 Å². The fourth-order valence-electron chi connectivity index (χ4n) is 3.99. The van der Waals surface area contributed by atoms with Gasteiger partial charge < -0.3 is 14.6 Å². The van der Waals surface area contributed by atoms with E-state index in [4.69, 9.17) is 4.74 Å². The summed E-state index contributed by atoms with van der Waals surface area (Å²) in [5.74, 6) is 1.21. The topological polar surface area (TPSA) is 97.7 Å². The smallest absolute Gasteiger partial charge is 0.258 e. The maximum atomic E-state index is 13.2. The molecule has 4 aromatic heterocycles. The summed E-state index contributed by atoms with van der Waals surface area (Å²) < 4.78 is 6.80. The number of nitrogens with one attached hydrogen (secondary N) is 2. The fourth-order valence-corrected chi connectivity index (χ4v) is 3.99. The molecule has 4 heterocycles. The monoisotopic (exact) mass is 452 g/mol. The molecule has 2 N–H and O–H groups in total. The van der Waals surface area contributed by atoms with Crippen LogP contribution in [-0.2, 0) is 7.05 Å². The maximum absolute atomic E-state index is 13.2. The molecule has 0 unspecified atom stereocenters. The molecule has 0 saturated heterocycles. The van der Waals surface area contributed by atoms with Crippen molar-refractivity contribution in [2.45, 2.75) is 13.8 Å². The van der Waals surface area contributed by atoms with Crippen LogP contribution in [0.3, 0.4) is 0 Å². The molecule has 0 aliphatic carbocycles. The van der Waals surface area contributed by atoms with E-state index in [-0.39, 0.29) is 5.56 Å². The molecule has 8 heteroatoms. The van der Waals surface area contributed by atoms with Gasteiger partial charge in [-0.2, -0.15) is 5.10 Å². The average Bonchev–Trinajstić information content (AvgIpc) is 3.31. The molecule has 0 aliphatic rings. The molecule has 5 rings (SSSR count). The second-order valence-electron chi connectivity index (χ2n) is 8.22. The number of benzene rings is 1. The first kappa shape index (κ1) is 21.4. The standard InChI is InChI=1S/C26H24N6O2/c1-15-5-7-19(29-24-12-22(30-31-24)17-6-8-25(34-4)28-13-17)11-20(15)21-10-18-14-27-16(2)9-23(18)32(3)26(21)33/h5-14H,1-4H3,(H2,29,30,31). The quantitative estimate of drug-likeness (QED) is 0.399. The van der Waals surface area contributed by atoms with Crippen molar-refractivity contribution in [1.82, 2.24) is 24.7 Å². The van der Waals surface area contributed by atoms with E-state index in [0.717, 1.165) is 44.7 Å². The molecule has 0 radical (unpaired) electrons. The lowest BCUT2D eigenvalue weighted by molar-refractivity contribution is 0.398. The van der Waals surface area contributed by atoms with E-state index < -0.39 is 0 Å². The van der Waals surface area contributed by atoms with Gasteiger partial charge in [-0.3, -0.25) is 14.9 Å². The molecule has 0 fully saturated rings. The van der Waals surface area contributed by atoms with Gasteiger partial charge in [-0.1, -0.05) is 6.07 Å². The highest BCUT2D eigenvalue weighted by atomic mass is 16.5. The number of ether oxygens (including phenoxy) is 1. The number of fused-ring (bicyclic) bond motifs is 1. The molecule has 5 aromatic rings. The summed E-state index contributed by atoms with van der Waals surface area (Å²) >= 11 is 0. The highest BCUT2D eigenvalue weighted by Gasteiger charge is 2.13. The zero-order valence-corrected chi connectivity index (χ0v) is 19.4. The minimum absolute atomic E-state index is 0.0487. The Morgan fingerprint density at radius 1 is 0.971 bits per heavy atom. The first-order valence-corrected chi connectivity index (χ1v) is 10.8. The van der Waals surface area contributed by atoms with E-state index in [0.29, 0.717) is 17.3 Å². The lowest BCUT2D eigenvalue weighted by Gasteiger charge is -2.13. The summed E-state index contributed by atoms with van der Waals surface area (Å²) in [7, 11) is 3.38. The average molecular weight is 453 g/mol. The number of aromatic nitrogens is 5. The number of hydrogen-bond donors (Lipinski definition) is 2. The minimum atomic E-state index is -0.0487. The van der Waals surface area contributed by atoms with Crippen LogP contribution >= 0.6 is 0 Å². The molecule has 0 bridgehead atoms. The van der Waals surface area contributed by atoms with E-state index in [1.807, 2.05) is 62.5 Å². The van der Waals surface area contributed by atoms with Gasteiger partial charge >= 0.3 is 0 Å². The Hall–Kier alpha value is -4.46. The Morgan fingerprint density at radius 3 is 2.59 bits per heavy atom. The zero-order chi connectivity index (χ0) is 23.8. The predicted octanol–water partition coefficient (Wildman–Crippen LogP) is 4.75. The number of nitrogens with zero attached hydrogens (tertiary/aromatic N) is 4. The predicted molar refractivity (Wildman–Crippen MR) is 134 cm³/mol. The van der Waals surface area contributed by atoms with Crippen molar-refractivity contribution in [3.63, 3.8) is 0 Å². The summed E-state index contributed by atoms with van der Waals surface area (Å²) in [5, 5.41) is 11.6. The lowest BCUT2D eigenvalue weighted by atomic mass is 9.99. The Balaban J connectivity index is 1.48. The van der Waals surface area contributed by atoms with Crippen molar-refractivity contribution in [3.05, 3.63) is 82.5 Å². The van der Waals surface area contributed by atoms with Crippen LogP contribution in [0.25, 0.3) is 33.3 Å². The van der Waals surface area contributed by atoms with Crippen LogP contribution in [0, 0.1) is 13.8 Å². The number of aromatic amines is 1. The summed E-state index contributed by atoms with van der Waals surface area (Å²) in [4.78, 5) is 21.8. The molecule has 8 nitrogen and oxygen atoms in total. The molecule has 1 aromatic carbocycles. The highest BCUT2D eigenvalue weighted by molar-refractivity contribution is 5.85. The van der Waals surface area contributed by atoms with Gasteiger partial charge in [0.1, 0.15) is 0 Å². The van der Waals surface area contributed by atoms with Crippen molar-refractivity contribution >= 4 is 22.4 Å². The summed E-state index contributed by atoms with van der Waals surface area (Å²) in [6.07, 6.45) is 3.54. The van der Waals surface area contributed by atoms with Crippen LogP contribution in [0.5, 0.6) is 5.88 Å². The summed E-state index contributed by atoms with van der Waals surface area (Å²) in [5.41, 5.74) is 6.76. The fraction of sp³-hybridized carbons (Fsp3) is 0.154. The largest absolute Gasteiger partial charge is 0.481 e. The molecule has 0 aliphatic heterocycles. The van der Waals surface area contributed by atoms with Gasteiger partial charge in [0.05, 0.1) is 18.3 Å². The highest BCUT2D eigenvalue weighted by Crippen LogP contribution is 2.29. The second-order valence-corrected chi connectivity index (χ2v) is 8.22. The van der Waals surface area contributed by atoms with Crippen LogP contribution in [0.4, 0.5) is 11.5 Å². The SMILES string of the molecule is COc1ccc(-c2cc(Nc3ccc(C)c(-c4cc5cnc(C)cc5n(C)c4=O)c3)n[nH]2)cn1. The van der Waals surface area contributed by atoms with Crippen LogP contribution in [0.15, 0.2) is 65.7 Å². The zero-order valence-electron chi connectivity index (χ0n) is 19.4. The lowest BCUT2D eigenvalue weighted by Crippen LogP contribution is -2.19. The van der Waals surface area contributed by atoms with Gasteiger partial charge in [0.15, 0.2) is 5.82 Å². The van der Waals surface area contributed by atoms with Crippen molar-refractivity contribution in [2.24, 2.45) is 7.05 Å². The van der Waals surface area contributed by atoms with Crippen molar-refractivity contribution in [1.29, 1.82) is 0 Å². The van der Waals surface area contributed by atoms with Crippen LogP contribution < -0.4 is 15.6 Å². The molecule has 0 saturated carbocycles. The molecular formula is C26H24N6O2. The van der Waals surface area contributed by atoms with Gasteiger partial charge in [-0.15, -0.1) is 0 Å². The van der Waals surface area contributed by atoms with Crippen molar-refractivity contribution in [3.8, 4) is 28.3 Å². The molecular weight excluding hydrogens is 428 g/mol. The normalized spacial score (nSPS) is 11.1. The number of methoxy groups -OCH3 is 1. The first-order valence-electron chi connectivity index (χ1n) is 10.8. The third kappa shape index (κ3) is 3.90. The first-order chi connectivity index (χ1) is 16.4. The van der Waals surface area contributed by atoms with Crippen molar-refractivity contribution < 1.29 is 4.74 Å². The summed E-state index contributed by atoms with van der Waals surface area (Å²) in [6.45, 7) is 3.92. The van der Waals surface area contributed by atoms with E-state index in [1.54, 1.807) is 31.0 Å². The van der Waals surface area contributed by atoms with Crippen LogP contribution in [0.2, 0.25) is 0 Å².